The molecule has 0 saturated carbocycles. The maximum absolute atomic E-state index is 2.52. The molecule has 0 saturated heterocycles. The van der Waals surface area contributed by atoms with Crippen molar-refractivity contribution < 1.29 is 0 Å². The van der Waals surface area contributed by atoms with Crippen LogP contribution < -0.4 is 0 Å². The number of hydrogen-bond acceptors (Lipinski definition) is 1. The van der Waals surface area contributed by atoms with Gasteiger partial charge in [0.05, 0.1) is 0 Å². The zero-order valence-electron chi connectivity index (χ0n) is 10.4. The number of nitrogens with zero attached hydrogens (tertiary/aromatic N) is 1. The first-order chi connectivity index (χ1) is 6.52. The van der Waals surface area contributed by atoms with Crippen molar-refractivity contribution in [2.45, 2.75) is 59.0 Å². The predicted molar refractivity (Wildman–Crippen MR) is 63.5 cm³/mol. The summed E-state index contributed by atoms with van der Waals surface area (Å²) in [6.45, 7) is 9.19. The van der Waals surface area contributed by atoms with Crippen molar-refractivity contribution in [2.24, 2.45) is 5.92 Å². The lowest BCUT2D eigenvalue weighted by Crippen LogP contribution is -2.38. The largest absolute Gasteiger partial charge is 0.301 e. The van der Waals surface area contributed by atoms with Gasteiger partial charge in [-0.1, -0.05) is 25.5 Å². The van der Waals surface area contributed by atoms with Crippen LogP contribution in [0.1, 0.15) is 47.0 Å². The van der Waals surface area contributed by atoms with E-state index in [-0.39, 0.29) is 0 Å². The van der Waals surface area contributed by atoms with Gasteiger partial charge >= 0.3 is 0 Å². The Balaban J connectivity index is 2.56. The second-order valence-corrected chi connectivity index (χ2v) is 5.13. The molecule has 0 heterocycles. The molecule has 1 unspecified atom stereocenters. The van der Waals surface area contributed by atoms with Gasteiger partial charge in [0.1, 0.15) is 0 Å². The molecule has 0 aromatic rings. The number of rotatable bonds is 3. The highest BCUT2D eigenvalue weighted by Gasteiger charge is 2.22. The minimum Gasteiger partial charge on any atom is -0.301 e. The van der Waals surface area contributed by atoms with Crippen LogP contribution in [-0.2, 0) is 0 Å². The Kier molecular flexibility index (Phi) is 4.18. The summed E-state index contributed by atoms with van der Waals surface area (Å²) < 4.78 is 0. The first-order valence-corrected chi connectivity index (χ1v) is 5.93. The SMILES string of the molecule is CC(C)C1=CCCC(N(C)C(C)C)C1. The molecule has 0 aliphatic heterocycles. The van der Waals surface area contributed by atoms with Gasteiger partial charge < -0.3 is 4.90 Å². The van der Waals surface area contributed by atoms with Crippen molar-refractivity contribution in [2.75, 3.05) is 7.05 Å². The molecule has 0 aromatic carbocycles. The third-order valence-electron chi connectivity index (χ3n) is 3.51. The Labute approximate surface area is 89.2 Å². The Morgan fingerprint density at radius 2 is 1.93 bits per heavy atom. The molecule has 0 radical (unpaired) electrons. The van der Waals surface area contributed by atoms with Gasteiger partial charge in [-0.2, -0.15) is 0 Å². The van der Waals surface area contributed by atoms with Gasteiger partial charge in [-0.05, 0) is 46.1 Å². The smallest absolute Gasteiger partial charge is 0.0135 e. The van der Waals surface area contributed by atoms with Crippen LogP contribution in [0.4, 0.5) is 0 Å². The van der Waals surface area contributed by atoms with Gasteiger partial charge in [0.25, 0.3) is 0 Å². The zero-order valence-corrected chi connectivity index (χ0v) is 10.4. The summed E-state index contributed by atoms with van der Waals surface area (Å²) in [7, 11) is 2.26. The minimum absolute atomic E-state index is 0.673. The van der Waals surface area contributed by atoms with Crippen molar-refractivity contribution in [3.63, 3.8) is 0 Å². The van der Waals surface area contributed by atoms with E-state index in [1.54, 1.807) is 5.57 Å². The second-order valence-electron chi connectivity index (χ2n) is 5.13. The van der Waals surface area contributed by atoms with Gasteiger partial charge in [0.2, 0.25) is 0 Å². The van der Waals surface area contributed by atoms with E-state index in [0.717, 1.165) is 12.0 Å². The van der Waals surface area contributed by atoms with Crippen molar-refractivity contribution >= 4 is 0 Å². The summed E-state index contributed by atoms with van der Waals surface area (Å²) in [4.78, 5) is 2.52. The van der Waals surface area contributed by atoms with Crippen LogP contribution in [0.5, 0.6) is 0 Å². The predicted octanol–water partition coefficient (Wildman–Crippen LogP) is 3.46. The van der Waals surface area contributed by atoms with E-state index in [1.165, 1.54) is 19.3 Å². The standard InChI is InChI=1S/C13H25N/c1-10(2)12-7-6-8-13(9-12)14(5)11(3)4/h7,10-11,13H,6,8-9H2,1-5H3. The highest BCUT2D eigenvalue weighted by atomic mass is 15.1. The molecule has 0 bridgehead atoms. The molecule has 1 heteroatoms. The minimum atomic E-state index is 0.673. The van der Waals surface area contributed by atoms with E-state index in [4.69, 9.17) is 0 Å². The fraction of sp³-hybridized carbons (Fsp3) is 0.846. The van der Waals surface area contributed by atoms with Crippen molar-refractivity contribution in [1.82, 2.24) is 4.90 Å². The zero-order chi connectivity index (χ0) is 10.7. The van der Waals surface area contributed by atoms with E-state index >= 15 is 0 Å². The Bertz CT molecular complexity index is 203. The summed E-state index contributed by atoms with van der Waals surface area (Å²) in [5.41, 5.74) is 1.66. The van der Waals surface area contributed by atoms with Gasteiger partial charge in [-0.25, -0.2) is 0 Å². The first-order valence-electron chi connectivity index (χ1n) is 5.93. The lowest BCUT2D eigenvalue weighted by molar-refractivity contribution is 0.178. The fourth-order valence-corrected chi connectivity index (χ4v) is 2.16. The second kappa shape index (κ2) is 4.97. The fourth-order valence-electron chi connectivity index (χ4n) is 2.16. The van der Waals surface area contributed by atoms with Gasteiger partial charge in [0, 0.05) is 12.1 Å². The lowest BCUT2D eigenvalue weighted by atomic mass is 9.87. The maximum Gasteiger partial charge on any atom is 0.0135 e. The molecule has 0 amide bonds. The van der Waals surface area contributed by atoms with E-state index in [1.807, 2.05) is 0 Å². The van der Waals surface area contributed by atoms with Crippen LogP contribution >= 0.6 is 0 Å². The Morgan fingerprint density at radius 3 is 2.43 bits per heavy atom. The van der Waals surface area contributed by atoms with Crippen LogP contribution in [0, 0.1) is 5.92 Å². The third kappa shape index (κ3) is 2.84. The summed E-state index contributed by atoms with van der Waals surface area (Å²) in [5.74, 6) is 0.735. The van der Waals surface area contributed by atoms with Crippen LogP contribution in [0.3, 0.4) is 0 Å². The van der Waals surface area contributed by atoms with Crippen LogP contribution in [0.15, 0.2) is 11.6 Å². The molecule has 0 spiro atoms. The van der Waals surface area contributed by atoms with Crippen LogP contribution in [0.2, 0.25) is 0 Å². The number of allylic oxidation sites excluding steroid dienone is 1. The molecule has 0 aromatic heterocycles. The molecule has 1 nitrogen and oxygen atoms in total. The summed E-state index contributed by atoms with van der Waals surface area (Å²) >= 11 is 0. The molecule has 1 atom stereocenters. The third-order valence-corrected chi connectivity index (χ3v) is 3.51. The number of hydrogen-bond donors (Lipinski definition) is 0. The molecular weight excluding hydrogens is 170 g/mol. The van der Waals surface area contributed by atoms with E-state index < -0.39 is 0 Å². The quantitative estimate of drug-likeness (QED) is 0.623. The molecule has 82 valence electrons. The monoisotopic (exact) mass is 195 g/mol. The molecule has 1 aliphatic carbocycles. The van der Waals surface area contributed by atoms with Gasteiger partial charge in [-0.15, -0.1) is 0 Å². The van der Waals surface area contributed by atoms with Crippen molar-refractivity contribution in [3.05, 3.63) is 11.6 Å². The Morgan fingerprint density at radius 1 is 1.29 bits per heavy atom. The van der Waals surface area contributed by atoms with Crippen molar-refractivity contribution in [1.29, 1.82) is 0 Å². The highest BCUT2D eigenvalue weighted by molar-refractivity contribution is 5.10. The summed E-state index contributed by atoms with van der Waals surface area (Å²) in [6, 6.07) is 1.45. The molecule has 0 N–H and O–H groups in total. The first kappa shape index (κ1) is 11.8. The lowest BCUT2D eigenvalue weighted by Gasteiger charge is -2.35. The van der Waals surface area contributed by atoms with E-state index in [2.05, 4.69) is 45.7 Å². The van der Waals surface area contributed by atoms with E-state index in [9.17, 15) is 0 Å². The van der Waals surface area contributed by atoms with Crippen molar-refractivity contribution in [3.8, 4) is 0 Å². The normalized spacial score (nSPS) is 23.4. The molecule has 1 rings (SSSR count). The molecule has 1 aliphatic rings. The summed E-state index contributed by atoms with van der Waals surface area (Å²) in [5, 5.41) is 0. The van der Waals surface area contributed by atoms with Crippen LogP contribution in [0.25, 0.3) is 0 Å². The molecular formula is C13H25N. The molecule has 14 heavy (non-hydrogen) atoms. The van der Waals surface area contributed by atoms with Crippen LogP contribution in [-0.4, -0.2) is 24.0 Å². The Hall–Kier alpha value is -0.300. The highest BCUT2D eigenvalue weighted by Crippen LogP contribution is 2.27. The maximum atomic E-state index is 2.52. The average Bonchev–Trinajstić information content (AvgIpc) is 2.16. The molecule has 0 fully saturated rings. The van der Waals surface area contributed by atoms with E-state index in [0.29, 0.717) is 6.04 Å². The topological polar surface area (TPSA) is 3.24 Å². The van der Waals surface area contributed by atoms with Gasteiger partial charge in [0.15, 0.2) is 0 Å². The summed E-state index contributed by atoms with van der Waals surface area (Å²) in [6.07, 6.45) is 6.35. The average molecular weight is 195 g/mol. The van der Waals surface area contributed by atoms with Gasteiger partial charge in [-0.3, -0.25) is 0 Å².